The zero-order valence-electron chi connectivity index (χ0n) is 11.1. The fourth-order valence-corrected chi connectivity index (χ4v) is 2.35. The van der Waals surface area contributed by atoms with Gasteiger partial charge in [0.15, 0.2) is 0 Å². The van der Waals surface area contributed by atoms with E-state index in [1.54, 1.807) is 0 Å². The van der Waals surface area contributed by atoms with E-state index in [0.717, 1.165) is 19.5 Å². The van der Waals surface area contributed by atoms with E-state index in [9.17, 15) is 5.11 Å². The van der Waals surface area contributed by atoms with Crippen LogP contribution in [0.4, 0.5) is 0 Å². The summed E-state index contributed by atoms with van der Waals surface area (Å²) < 4.78 is 0. The second kappa shape index (κ2) is 7.25. The Morgan fingerprint density at radius 3 is 2.62 bits per heavy atom. The van der Waals surface area contributed by atoms with Crippen molar-refractivity contribution in [3.8, 4) is 0 Å². The summed E-state index contributed by atoms with van der Waals surface area (Å²) >= 11 is 0. The molecule has 1 fully saturated rings. The minimum atomic E-state index is -0.130. The predicted octanol–water partition coefficient (Wildman–Crippen LogP) is 1.61. The van der Waals surface area contributed by atoms with Gasteiger partial charge >= 0.3 is 0 Å². The minimum Gasteiger partial charge on any atom is -0.392 e. The number of nitrogens with zero attached hydrogens (tertiary/aromatic N) is 1. The van der Waals surface area contributed by atoms with Crippen LogP contribution in [0.1, 0.15) is 46.5 Å². The first kappa shape index (κ1) is 13.9. The zero-order chi connectivity index (χ0) is 12.0. The first-order valence-electron chi connectivity index (χ1n) is 6.79. The Labute approximate surface area is 100 Å². The number of aliphatic hydroxyl groups excluding tert-OH is 1. The Hall–Kier alpha value is -0.120. The molecule has 0 aromatic rings. The van der Waals surface area contributed by atoms with Crippen LogP contribution in [0.25, 0.3) is 0 Å². The van der Waals surface area contributed by atoms with Crippen molar-refractivity contribution in [1.82, 2.24) is 10.2 Å². The van der Waals surface area contributed by atoms with Crippen LogP contribution in [0.2, 0.25) is 0 Å². The van der Waals surface area contributed by atoms with Gasteiger partial charge in [-0.3, -0.25) is 4.90 Å². The Morgan fingerprint density at radius 2 is 2.12 bits per heavy atom. The molecule has 2 atom stereocenters. The van der Waals surface area contributed by atoms with Crippen LogP contribution in [0.15, 0.2) is 0 Å². The maximum atomic E-state index is 9.48. The first-order valence-corrected chi connectivity index (χ1v) is 6.79. The normalized spacial score (nSPS) is 25.9. The van der Waals surface area contributed by atoms with Gasteiger partial charge in [0.2, 0.25) is 0 Å². The van der Waals surface area contributed by atoms with Crippen molar-refractivity contribution in [1.29, 1.82) is 0 Å². The van der Waals surface area contributed by atoms with Crippen molar-refractivity contribution in [2.24, 2.45) is 0 Å². The third-order valence-electron chi connectivity index (χ3n) is 3.43. The molecule has 0 aromatic carbocycles. The van der Waals surface area contributed by atoms with Crippen molar-refractivity contribution in [3.63, 3.8) is 0 Å². The van der Waals surface area contributed by atoms with Crippen molar-refractivity contribution in [2.45, 2.75) is 64.6 Å². The number of β-amino-alcohol motifs (C(OH)–C–C–N with tert-alkyl or cyclic N) is 1. The summed E-state index contributed by atoms with van der Waals surface area (Å²) in [5.74, 6) is 0. The van der Waals surface area contributed by atoms with Crippen molar-refractivity contribution in [3.05, 3.63) is 0 Å². The second-order valence-electron chi connectivity index (χ2n) is 5.29. The van der Waals surface area contributed by atoms with Gasteiger partial charge in [-0.05, 0) is 33.2 Å². The van der Waals surface area contributed by atoms with Gasteiger partial charge in [-0.25, -0.2) is 0 Å². The molecule has 3 heteroatoms. The maximum absolute atomic E-state index is 9.48. The van der Waals surface area contributed by atoms with Crippen molar-refractivity contribution >= 4 is 0 Å². The van der Waals surface area contributed by atoms with Gasteiger partial charge < -0.3 is 10.4 Å². The number of unbranched alkanes of at least 4 members (excludes halogenated alkanes) is 2. The molecule has 0 bridgehead atoms. The largest absolute Gasteiger partial charge is 0.392 e. The lowest BCUT2D eigenvalue weighted by atomic mass is 10.1. The molecule has 96 valence electrons. The van der Waals surface area contributed by atoms with Gasteiger partial charge in [-0.15, -0.1) is 0 Å². The molecular formula is C13H28N2O. The van der Waals surface area contributed by atoms with E-state index < -0.39 is 0 Å². The SMILES string of the molecule is CCCCCN(CC1CC(O)CN1)C(C)C. The van der Waals surface area contributed by atoms with Gasteiger partial charge in [-0.2, -0.15) is 0 Å². The van der Waals surface area contributed by atoms with E-state index in [-0.39, 0.29) is 6.10 Å². The molecule has 3 nitrogen and oxygen atoms in total. The predicted molar refractivity (Wildman–Crippen MR) is 68.6 cm³/mol. The highest BCUT2D eigenvalue weighted by Crippen LogP contribution is 2.11. The first-order chi connectivity index (χ1) is 7.63. The fraction of sp³-hybridized carbons (Fsp3) is 1.00. The van der Waals surface area contributed by atoms with Crippen LogP contribution >= 0.6 is 0 Å². The number of hydrogen-bond acceptors (Lipinski definition) is 3. The van der Waals surface area contributed by atoms with Gasteiger partial charge in [-0.1, -0.05) is 19.8 Å². The molecule has 0 amide bonds. The molecule has 16 heavy (non-hydrogen) atoms. The highest BCUT2D eigenvalue weighted by atomic mass is 16.3. The van der Waals surface area contributed by atoms with E-state index in [4.69, 9.17) is 0 Å². The molecule has 0 spiro atoms. The summed E-state index contributed by atoms with van der Waals surface area (Å²) in [6.07, 6.45) is 4.69. The average Bonchev–Trinajstić information content (AvgIpc) is 2.63. The summed E-state index contributed by atoms with van der Waals surface area (Å²) in [6.45, 7) is 9.81. The van der Waals surface area contributed by atoms with E-state index in [1.807, 2.05) is 0 Å². The number of aliphatic hydroxyl groups is 1. The molecular weight excluding hydrogens is 200 g/mol. The third kappa shape index (κ3) is 4.81. The topological polar surface area (TPSA) is 35.5 Å². The number of rotatable bonds is 7. The monoisotopic (exact) mass is 228 g/mol. The molecule has 1 heterocycles. The Bertz CT molecular complexity index is 185. The Morgan fingerprint density at radius 1 is 1.38 bits per heavy atom. The zero-order valence-corrected chi connectivity index (χ0v) is 11.1. The van der Waals surface area contributed by atoms with Crippen molar-refractivity contribution < 1.29 is 5.11 Å². The fourth-order valence-electron chi connectivity index (χ4n) is 2.35. The lowest BCUT2D eigenvalue weighted by Crippen LogP contribution is -2.41. The molecule has 0 radical (unpaired) electrons. The molecule has 2 N–H and O–H groups in total. The third-order valence-corrected chi connectivity index (χ3v) is 3.43. The number of hydrogen-bond donors (Lipinski definition) is 2. The Kier molecular flexibility index (Phi) is 6.32. The summed E-state index contributed by atoms with van der Waals surface area (Å²) in [4.78, 5) is 2.53. The van der Waals surface area contributed by atoms with Gasteiger partial charge in [0.1, 0.15) is 0 Å². The molecule has 1 aliphatic rings. The van der Waals surface area contributed by atoms with Crippen LogP contribution in [0.3, 0.4) is 0 Å². The molecule has 0 aliphatic carbocycles. The van der Waals surface area contributed by atoms with Crippen LogP contribution < -0.4 is 5.32 Å². The summed E-state index contributed by atoms with van der Waals surface area (Å²) in [7, 11) is 0. The summed E-state index contributed by atoms with van der Waals surface area (Å²) in [5.41, 5.74) is 0. The summed E-state index contributed by atoms with van der Waals surface area (Å²) in [5, 5.41) is 12.9. The van der Waals surface area contributed by atoms with Crippen LogP contribution in [-0.4, -0.2) is 47.8 Å². The smallest absolute Gasteiger partial charge is 0.0680 e. The van der Waals surface area contributed by atoms with E-state index in [2.05, 4.69) is 31.0 Å². The molecule has 1 aliphatic heterocycles. The van der Waals surface area contributed by atoms with E-state index in [1.165, 1.54) is 25.8 Å². The second-order valence-corrected chi connectivity index (χ2v) is 5.29. The molecule has 1 saturated heterocycles. The quantitative estimate of drug-likeness (QED) is 0.650. The van der Waals surface area contributed by atoms with Gasteiger partial charge in [0, 0.05) is 25.2 Å². The highest BCUT2D eigenvalue weighted by Gasteiger charge is 2.24. The summed E-state index contributed by atoms with van der Waals surface area (Å²) in [6, 6.07) is 1.09. The molecule has 0 aromatic heterocycles. The van der Waals surface area contributed by atoms with Crippen LogP contribution in [0, 0.1) is 0 Å². The number of nitrogens with one attached hydrogen (secondary N) is 1. The van der Waals surface area contributed by atoms with Crippen LogP contribution in [-0.2, 0) is 0 Å². The Balaban J connectivity index is 2.27. The van der Waals surface area contributed by atoms with Crippen molar-refractivity contribution in [2.75, 3.05) is 19.6 Å². The molecule has 1 rings (SSSR count). The van der Waals surface area contributed by atoms with E-state index in [0.29, 0.717) is 12.1 Å². The molecule has 0 saturated carbocycles. The maximum Gasteiger partial charge on any atom is 0.0680 e. The van der Waals surface area contributed by atoms with Gasteiger partial charge in [0.25, 0.3) is 0 Å². The molecule has 2 unspecified atom stereocenters. The minimum absolute atomic E-state index is 0.130. The standard InChI is InChI=1S/C13H28N2O/c1-4-5-6-7-15(11(2)3)10-12-8-13(16)9-14-12/h11-14,16H,4-10H2,1-3H3. The van der Waals surface area contributed by atoms with Crippen LogP contribution in [0.5, 0.6) is 0 Å². The lowest BCUT2D eigenvalue weighted by Gasteiger charge is -2.29. The lowest BCUT2D eigenvalue weighted by molar-refractivity contribution is 0.175. The average molecular weight is 228 g/mol. The van der Waals surface area contributed by atoms with Gasteiger partial charge in [0.05, 0.1) is 6.10 Å². The van der Waals surface area contributed by atoms with E-state index >= 15 is 0 Å². The highest BCUT2D eigenvalue weighted by molar-refractivity contribution is 4.84.